The van der Waals surface area contributed by atoms with Crippen LogP contribution in [0.15, 0.2) is 65.4 Å². The third-order valence-corrected chi connectivity index (χ3v) is 5.50. The standard InChI is InChI=1S/C22H21BrN4O/c1-14(2)21-24-10-11-27(21)13-15-6-5-7-16(12-15)25-22(28)20-19(23)17-8-3-4-9-18(17)26-20/h3-12,14,26H,13H2,1-2H3,(H,25,28). The number of hydrogen-bond acceptors (Lipinski definition) is 2. The smallest absolute Gasteiger partial charge is 0.273 e. The molecule has 1 amide bonds. The van der Waals surface area contributed by atoms with Crippen LogP contribution in [0.2, 0.25) is 0 Å². The van der Waals surface area contributed by atoms with Gasteiger partial charge in [-0.25, -0.2) is 4.98 Å². The summed E-state index contributed by atoms with van der Waals surface area (Å²) in [5.41, 5.74) is 3.31. The summed E-state index contributed by atoms with van der Waals surface area (Å²) in [5, 5.41) is 3.98. The Morgan fingerprint density at radius 3 is 2.82 bits per heavy atom. The largest absolute Gasteiger partial charge is 0.350 e. The van der Waals surface area contributed by atoms with Crippen molar-refractivity contribution in [3.05, 3.63) is 82.5 Å². The molecule has 0 aliphatic carbocycles. The average Bonchev–Trinajstić information content (AvgIpc) is 3.27. The first-order chi connectivity index (χ1) is 13.5. The normalized spacial score (nSPS) is 11.3. The first-order valence-corrected chi connectivity index (χ1v) is 9.99. The van der Waals surface area contributed by atoms with E-state index in [-0.39, 0.29) is 5.91 Å². The van der Waals surface area contributed by atoms with Crippen molar-refractivity contribution >= 4 is 38.4 Å². The molecule has 0 radical (unpaired) electrons. The monoisotopic (exact) mass is 436 g/mol. The molecule has 0 aliphatic rings. The maximum Gasteiger partial charge on any atom is 0.273 e. The fraction of sp³-hybridized carbons (Fsp3) is 0.182. The first kappa shape index (κ1) is 18.5. The van der Waals surface area contributed by atoms with Crippen molar-refractivity contribution < 1.29 is 4.79 Å². The van der Waals surface area contributed by atoms with Gasteiger partial charge >= 0.3 is 0 Å². The van der Waals surface area contributed by atoms with Gasteiger partial charge < -0.3 is 14.9 Å². The van der Waals surface area contributed by atoms with Gasteiger partial charge in [0.05, 0.1) is 4.47 Å². The molecule has 2 aromatic carbocycles. The fourth-order valence-electron chi connectivity index (χ4n) is 3.36. The molecule has 0 unspecified atom stereocenters. The molecule has 28 heavy (non-hydrogen) atoms. The molecule has 0 saturated carbocycles. The molecule has 2 heterocycles. The lowest BCUT2D eigenvalue weighted by molar-refractivity contribution is 0.102. The highest BCUT2D eigenvalue weighted by molar-refractivity contribution is 9.10. The number of hydrogen-bond donors (Lipinski definition) is 2. The summed E-state index contributed by atoms with van der Waals surface area (Å²) in [6.45, 7) is 4.98. The van der Waals surface area contributed by atoms with Crippen LogP contribution in [-0.2, 0) is 6.54 Å². The molecule has 0 spiro atoms. The zero-order valence-electron chi connectivity index (χ0n) is 15.7. The van der Waals surface area contributed by atoms with Crippen molar-refractivity contribution in [3.8, 4) is 0 Å². The fourth-order valence-corrected chi connectivity index (χ4v) is 3.98. The van der Waals surface area contributed by atoms with Crippen LogP contribution in [0.5, 0.6) is 0 Å². The molecule has 0 bridgehead atoms. The minimum Gasteiger partial charge on any atom is -0.350 e. The Balaban J connectivity index is 1.55. The highest BCUT2D eigenvalue weighted by Gasteiger charge is 2.16. The van der Waals surface area contributed by atoms with Crippen molar-refractivity contribution in [2.45, 2.75) is 26.3 Å². The molecular formula is C22H21BrN4O. The van der Waals surface area contributed by atoms with E-state index in [1.165, 1.54) is 0 Å². The number of halogens is 1. The molecule has 2 aromatic heterocycles. The maximum absolute atomic E-state index is 12.8. The first-order valence-electron chi connectivity index (χ1n) is 9.20. The van der Waals surface area contributed by atoms with Crippen molar-refractivity contribution in [1.82, 2.24) is 14.5 Å². The average molecular weight is 437 g/mol. The highest BCUT2D eigenvalue weighted by Crippen LogP contribution is 2.28. The van der Waals surface area contributed by atoms with Gasteiger partial charge in [-0.1, -0.05) is 44.2 Å². The van der Waals surface area contributed by atoms with Crippen LogP contribution < -0.4 is 5.32 Å². The summed E-state index contributed by atoms with van der Waals surface area (Å²) in [7, 11) is 0. The second kappa shape index (κ2) is 7.64. The summed E-state index contributed by atoms with van der Waals surface area (Å²) < 4.78 is 2.91. The van der Waals surface area contributed by atoms with Crippen LogP contribution in [0.1, 0.15) is 41.6 Å². The summed E-state index contributed by atoms with van der Waals surface area (Å²) >= 11 is 3.54. The zero-order valence-corrected chi connectivity index (χ0v) is 17.3. The van der Waals surface area contributed by atoms with E-state index in [2.05, 4.69) is 55.7 Å². The second-order valence-corrected chi connectivity index (χ2v) is 7.88. The maximum atomic E-state index is 12.8. The third-order valence-electron chi connectivity index (χ3n) is 4.67. The second-order valence-electron chi connectivity index (χ2n) is 7.08. The molecule has 142 valence electrons. The summed E-state index contributed by atoms with van der Waals surface area (Å²) in [4.78, 5) is 20.4. The quantitative estimate of drug-likeness (QED) is 0.430. The number of anilines is 1. The topological polar surface area (TPSA) is 62.7 Å². The predicted octanol–water partition coefficient (Wildman–Crippen LogP) is 5.55. The van der Waals surface area contributed by atoms with Gasteiger partial charge in [0.15, 0.2) is 0 Å². The SMILES string of the molecule is CC(C)c1nccn1Cc1cccc(NC(=O)c2[nH]c3ccccc3c2Br)c1. The van der Waals surface area contributed by atoms with Gasteiger partial charge in [-0.3, -0.25) is 4.79 Å². The molecule has 6 heteroatoms. The Morgan fingerprint density at radius 2 is 2.04 bits per heavy atom. The molecule has 0 aliphatic heterocycles. The Morgan fingerprint density at radius 1 is 1.21 bits per heavy atom. The number of nitrogens with zero attached hydrogens (tertiary/aromatic N) is 2. The van der Waals surface area contributed by atoms with E-state index in [0.29, 0.717) is 18.2 Å². The number of amides is 1. The highest BCUT2D eigenvalue weighted by atomic mass is 79.9. The van der Waals surface area contributed by atoms with Crippen LogP contribution in [0, 0.1) is 0 Å². The van der Waals surface area contributed by atoms with E-state index in [1.54, 1.807) is 0 Å². The van der Waals surface area contributed by atoms with Crippen molar-refractivity contribution in [3.63, 3.8) is 0 Å². The van der Waals surface area contributed by atoms with Crippen LogP contribution >= 0.6 is 15.9 Å². The molecule has 0 atom stereocenters. The van der Waals surface area contributed by atoms with Gasteiger partial charge in [-0.15, -0.1) is 0 Å². The van der Waals surface area contributed by atoms with Crippen LogP contribution in [0.3, 0.4) is 0 Å². The number of para-hydroxylation sites is 1. The molecular weight excluding hydrogens is 416 g/mol. The van der Waals surface area contributed by atoms with Gasteiger partial charge in [0.25, 0.3) is 5.91 Å². The summed E-state index contributed by atoms with van der Waals surface area (Å²) in [6.07, 6.45) is 3.82. The molecule has 0 fully saturated rings. The van der Waals surface area contributed by atoms with E-state index < -0.39 is 0 Å². The lowest BCUT2D eigenvalue weighted by Crippen LogP contribution is -2.13. The molecule has 4 aromatic rings. The van der Waals surface area contributed by atoms with E-state index >= 15 is 0 Å². The van der Waals surface area contributed by atoms with Gasteiger partial charge in [-0.05, 0) is 39.7 Å². The van der Waals surface area contributed by atoms with Gasteiger partial charge in [-0.2, -0.15) is 0 Å². The number of rotatable bonds is 5. The van der Waals surface area contributed by atoms with Crippen LogP contribution in [0.4, 0.5) is 5.69 Å². The van der Waals surface area contributed by atoms with Crippen LogP contribution in [-0.4, -0.2) is 20.4 Å². The van der Waals surface area contributed by atoms with Crippen LogP contribution in [0.25, 0.3) is 10.9 Å². The van der Waals surface area contributed by atoms with Crippen molar-refractivity contribution in [1.29, 1.82) is 0 Å². The Hall–Kier alpha value is -2.86. The predicted molar refractivity (Wildman–Crippen MR) is 116 cm³/mol. The number of aromatic amines is 1. The number of aromatic nitrogens is 3. The van der Waals surface area contributed by atoms with Crippen molar-refractivity contribution in [2.24, 2.45) is 0 Å². The number of benzene rings is 2. The number of carbonyl (C=O) groups excluding carboxylic acids is 1. The summed E-state index contributed by atoms with van der Waals surface area (Å²) in [6, 6.07) is 15.7. The number of H-pyrrole nitrogens is 1. The molecule has 0 saturated heterocycles. The summed E-state index contributed by atoms with van der Waals surface area (Å²) in [5.74, 6) is 1.24. The zero-order chi connectivity index (χ0) is 19.7. The van der Waals surface area contributed by atoms with Gasteiger partial charge in [0, 0.05) is 41.4 Å². The minimum atomic E-state index is -0.175. The number of imidazole rings is 1. The van der Waals surface area contributed by atoms with E-state index in [9.17, 15) is 4.79 Å². The number of nitrogens with one attached hydrogen (secondary N) is 2. The van der Waals surface area contributed by atoms with E-state index in [4.69, 9.17) is 0 Å². The molecule has 4 rings (SSSR count). The lowest BCUT2D eigenvalue weighted by atomic mass is 10.1. The van der Waals surface area contributed by atoms with Gasteiger partial charge in [0.1, 0.15) is 11.5 Å². The van der Waals surface area contributed by atoms with E-state index in [0.717, 1.165) is 32.5 Å². The molecule has 2 N–H and O–H groups in total. The Labute approximate surface area is 171 Å². The lowest BCUT2D eigenvalue weighted by Gasteiger charge is -2.12. The van der Waals surface area contributed by atoms with Gasteiger partial charge in [0.2, 0.25) is 0 Å². The number of carbonyl (C=O) groups is 1. The Kier molecular flexibility index (Phi) is 5.05. The minimum absolute atomic E-state index is 0.175. The third kappa shape index (κ3) is 3.60. The number of fused-ring (bicyclic) bond motifs is 1. The molecule has 5 nitrogen and oxygen atoms in total. The Bertz CT molecular complexity index is 1140. The van der Waals surface area contributed by atoms with Crippen molar-refractivity contribution in [2.75, 3.05) is 5.32 Å². The van der Waals surface area contributed by atoms with E-state index in [1.807, 2.05) is 54.9 Å².